The summed E-state index contributed by atoms with van der Waals surface area (Å²) >= 11 is 0. The Kier molecular flexibility index (Phi) is 5.03. The van der Waals surface area contributed by atoms with Gasteiger partial charge in [-0.2, -0.15) is 0 Å². The van der Waals surface area contributed by atoms with Gasteiger partial charge in [-0.05, 0) is 25.1 Å². The number of ether oxygens (including phenoxy) is 2. The van der Waals surface area contributed by atoms with Gasteiger partial charge in [-0.3, -0.25) is 4.90 Å². The van der Waals surface area contributed by atoms with Crippen LogP contribution in [0.1, 0.15) is 17.9 Å². The lowest BCUT2D eigenvalue weighted by Crippen LogP contribution is -2.46. The average molecular weight is 395 g/mol. The van der Waals surface area contributed by atoms with Gasteiger partial charge in [0, 0.05) is 50.9 Å². The summed E-state index contributed by atoms with van der Waals surface area (Å²) < 4.78 is 16.7. The van der Waals surface area contributed by atoms with Gasteiger partial charge in [-0.25, -0.2) is 9.97 Å². The van der Waals surface area contributed by atoms with E-state index in [4.69, 9.17) is 14.0 Å². The summed E-state index contributed by atoms with van der Waals surface area (Å²) in [6.45, 7) is 8.02. The minimum Gasteiger partial charge on any atom is -0.471 e. The van der Waals surface area contributed by atoms with Crippen LogP contribution in [0.15, 0.2) is 35.1 Å². The topological polar surface area (TPSA) is 76.8 Å². The summed E-state index contributed by atoms with van der Waals surface area (Å²) in [5, 5.41) is 5.06. The maximum absolute atomic E-state index is 6.10. The standard InChI is InChI=1S/C21H25N5O3/c1-15-10-16(24-29-15)12-25-5-7-26(8-6-25)17-2-3-20-19(11-17)21(23-14-22-20)28-18-4-9-27-13-18/h2-3,10-11,14,18H,4-9,12-13H2,1H3. The first-order valence-corrected chi connectivity index (χ1v) is 10.1. The van der Waals surface area contributed by atoms with Crippen LogP contribution in [0.4, 0.5) is 5.69 Å². The Labute approximate surface area is 169 Å². The van der Waals surface area contributed by atoms with E-state index in [0.717, 1.165) is 68.1 Å². The highest BCUT2D eigenvalue weighted by molar-refractivity contribution is 5.86. The molecule has 0 saturated carbocycles. The largest absolute Gasteiger partial charge is 0.471 e. The molecule has 2 fully saturated rings. The third-order valence-electron chi connectivity index (χ3n) is 5.55. The fourth-order valence-electron chi connectivity index (χ4n) is 3.96. The lowest BCUT2D eigenvalue weighted by Gasteiger charge is -2.35. The van der Waals surface area contributed by atoms with Crippen LogP contribution in [0.2, 0.25) is 0 Å². The minimum atomic E-state index is 0.0699. The monoisotopic (exact) mass is 395 g/mol. The summed E-state index contributed by atoms with van der Waals surface area (Å²) in [5.74, 6) is 1.51. The molecule has 1 aromatic carbocycles. The number of nitrogens with zero attached hydrogens (tertiary/aromatic N) is 5. The smallest absolute Gasteiger partial charge is 0.224 e. The van der Waals surface area contributed by atoms with Gasteiger partial charge >= 0.3 is 0 Å². The Morgan fingerprint density at radius 1 is 1.14 bits per heavy atom. The number of fused-ring (bicyclic) bond motifs is 1. The number of aromatic nitrogens is 3. The van der Waals surface area contributed by atoms with E-state index in [2.05, 4.69) is 43.1 Å². The molecular formula is C21H25N5O3. The lowest BCUT2D eigenvalue weighted by atomic mass is 10.1. The van der Waals surface area contributed by atoms with E-state index in [0.29, 0.717) is 12.5 Å². The van der Waals surface area contributed by atoms with Crippen molar-refractivity contribution >= 4 is 16.6 Å². The molecule has 8 heteroatoms. The van der Waals surface area contributed by atoms with Crippen molar-refractivity contribution in [3.8, 4) is 5.88 Å². The van der Waals surface area contributed by atoms with Gasteiger partial charge in [0.15, 0.2) is 0 Å². The molecule has 3 aromatic rings. The van der Waals surface area contributed by atoms with Gasteiger partial charge in [0.1, 0.15) is 18.2 Å². The first-order chi connectivity index (χ1) is 14.2. The van der Waals surface area contributed by atoms with Crippen LogP contribution in [0.3, 0.4) is 0 Å². The molecule has 2 aliphatic rings. The Morgan fingerprint density at radius 3 is 2.79 bits per heavy atom. The van der Waals surface area contributed by atoms with Crippen molar-refractivity contribution in [3.05, 3.63) is 42.0 Å². The van der Waals surface area contributed by atoms with Crippen LogP contribution < -0.4 is 9.64 Å². The van der Waals surface area contributed by atoms with Crippen LogP contribution in [-0.2, 0) is 11.3 Å². The summed E-state index contributed by atoms with van der Waals surface area (Å²) in [7, 11) is 0. The molecule has 0 amide bonds. The average Bonchev–Trinajstić information content (AvgIpc) is 3.40. The van der Waals surface area contributed by atoms with E-state index >= 15 is 0 Å². The molecule has 2 saturated heterocycles. The molecule has 5 rings (SSSR count). The van der Waals surface area contributed by atoms with E-state index < -0.39 is 0 Å². The Morgan fingerprint density at radius 2 is 2.03 bits per heavy atom. The van der Waals surface area contributed by atoms with Crippen molar-refractivity contribution in [2.45, 2.75) is 26.0 Å². The highest BCUT2D eigenvalue weighted by Gasteiger charge is 2.21. The number of benzene rings is 1. The maximum Gasteiger partial charge on any atom is 0.224 e. The number of anilines is 1. The van der Waals surface area contributed by atoms with Crippen molar-refractivity contribution in [1.29, 1.82) is 0 Å². The molecule has 0 bridgehead atoms. The van der Waals surface area contributed by atoms with Crippen LogP contribution in [0.25, 0.3) is 10.9 Å². The number of piperazine rings is 1. The molecule has 152 valence electrons. The van der Waals surface area contributed by atoms with E-state index in [1.54, 1.807) is 6.33 Å². The summed E-state index contributed by atoms with van der Waals surface area (Å²) in [6, 6.07) is 8.34. The number of hydrogen-bond donors (Lipinski definition) is 0. The third kappa shape index (κ3) is 4.04. The Hall–Kier alpha value is -2.71. The van der Waals surface area contributed by atoms with Crippen molar-refractivity contribution in [2.24, 2.45) is 0 Å². The zero-order valence-electron chi connectivity index (χ0n) is 16.6. The van der Waals surface area contributed by atoms with E-state index in [1.807, 2.05) is 13.0 Å². The van der Waals surface area contributed by atoms with Crippen molar-refractivity contribution in [1.82, 2.24) is 20.0 Å². The fraction of sp³-hybridized carbons (Fsp3) is 0.476. The van der Waals surface area contributed by atoms with Gasteiger partial charge in [0.25, 0.3) is 0 Å². The van der Waals surface area contributed by atoms with Crippen LogP contribution in [0.5, 0.6) is 5.88 Å². The SMILES string of the molecule is Cc1cc(CN2CCN(c3ccc4ncnc(OC5CCOC5)c4c3)CC2)no1. The number of aryl methyl sites for hydroxylation is 1. The molecule has 1 atom stereocenters. The molecule has 29 heavy (non-hydrogen) atoms. The molecule has 0 N–H and O–H groups in total. The van der Waals surface area contributed by atoms with Gasteiger partial charge in [0.2, 0.25) is 5.88 Å². The van der Waals surface area contributed by atoms with Crippen LogP contribution >= 0.6 is 0 Å². The summed E-state index contributed by atoms with van der Waals surface area (Å²) in [4.78, 5) is 13.6. The molecular weight excluding hydrogens is 370 g/mol. The molecule has 8 nitrogen and oxygen atoms in total. The predicted molar refractivity (Wildman–Crippen MR) is 108 cm³/mol. The predicted octanol–water partition coefficient (Wildman–Crippen LogP) is 2.42. The Bertz CT molecular complexity index is 977. The summed E-state index contributed by atoms with van der Waals surface area (Å²) in [5.41, 5.74) is 3.07. The second kappa shape index (κ2) is 7.96. The van der Waals surface area contributed by atoms with E-state index in [9.17, 15) is 0 Å². The van der Waals surface area contributed by atoms with Crippen molar-refractivity contribution in [2.75, 3.05) is 44.3 Å². The van der Waals surface area contributed by atoms with Gasteiger partial charge in [-0.1, -0.05) is 5.16 Å². The minimum absolute atomic E-state index is 0.0699. The Balaban J connectivity index is 1.29. The normalized spacial score (nSPS) is 20.4. The molecule has 2 aromatic heterocycles. The summed E-state index contributed by atoms with van der Waals surface area (Å²) in [6.07, 6.45) is 2.54. The van der Waals surface area contributed by atoms with Gasteiger partial charge < -0.3 is 18.9 Å². The highest BCUT2D eigenvalue weighted by atomic mass is 16.5. The quantitative estimate of drug-likeness (QED) is 0.652. The molecule has 0 aliphatic carbocycles. The highest BCUT2D eigenvalue weighted by Crippen LogP contribution is 2.29. The third-order valence-corrected chi connectivity index (χ3v) is 5.55. The van der Waals surface area contributed by atoms with Crippen LogP contribution in [0, 0.1) is 6.92 Å². The first kappa shape index (κ1) is 18.3. The lowest BCUT2D eigenvalue weighted by molar-refractivity contribution is 0.139. The fourth-order valence-corrected chi connectivity index (χ4v) is 3.96. The molecule has 4 heterocycles. The second-order valence-corrected chi connectivity index (χ2v) is 7.68. The van der Waals surface area contributed by atoms with Crippen LogP contribution in [-0.4, -0.2) is 65.5 Å². The second-order valence-electron chi connectivity index (χ2n) is 7.68. The zero-order valence-corrected chi connectivity index (χ0v) is 16.6. The molecule has 2 aliphatic heterocycles. The zero-order chi connectivity index (χ0) is 19.6. The van der Waals surface area contributed by atoms with Gasteiger partial charge in [0.05, 0.1) is 29.8 Å². The molecule has 0 radical (unpaired) electrons. The van der Waals surface area contributed by atoms with E-state index in [1.165, 1.54) is 5.69 Å². The maximum atomic E-state index is 6.10. The first-order valence-electron chi connectivity index (χ1n) is 10.1. The molecule has 0 spiro atoms. The van der Waals surface area contributed by atoms with E-state index in [-0.39, 0.29) is 6.10 Å². The number of rotatable bonds is 5. The van der Waals surface area contributed by atoms with Crippen molar-refractivity contribution < 1.29 is 14.0 Å². The van der Waals surface area contributed by atoms with Gasteiger partial charge in [-0.15, -0.1) is 0 Å². The molecule has 1 unspecified atom stereocenters. The number of hydrogen-bond acceptors (Lipinski definition) is 8. The van der Waals surface area contributed by atoms with Crippen molar-refractivity contribution in [3.63, 3.8) is 0 Å².